The second-order valence-electron chi connectivity index (χ2n) is 7.88. The van der Waals surface area contributed by atoms with Crippen LogP contribution in [0.5, 0.6) is 0 Å². The summed E-state index contributed by atoms with van der Waals surface area (Å²) in [4.78, 5) is 39.4. The number of benzene rings is 3. The SMILES string of the molecule is Cc1cc(C)n(-c2ccc(C(=O)Nc3cccc(N4C(=O)c5ccccc5C4=O)c3)cc2)n1. The molecular weight excluding hydrogens is 416 g/mol. The Balaban J connectivity index is 1.35. The van der Waals surface area contributed by atoms with Gasteiger partial charge >= 0.3 is 0 Å². The first kappa shape index (κ1) is 20.4. The van der Waals surface area contributed by atoms with E-state index in [1.165, 1.54) is 0 Å². The van der Waals surface area contributed by atoms with Crippen molar-refractivity contribution >= 4 is 29.1 Å². The maximum Gasteiger partial charge on any atom is 0.266 e. The zero-order valence-electron chi connectivity index (χ0n) is 18.1. The van der Waals surface area contributed by atoms with E-state index in [9.17, 15) is 14.4 Å². The molecule has 0 radical (unpaired) electrons. The van der Waals surface area contributed by atoms with Crippen LogP contribution >= 0.6 is 0 Å². The van der Waals surface area contributed by atoms with Crippen LogP contribution in [0.15, 0.2) is 78.9 Å². The predicted octanol–water partition coefficient (Wildman–Crippen LogP) is 4.54. The van der Waals surface area contributed by atoms with Crippen LogP contribution in [0.4, 0.5) is 11.4 Å². The molecule has 0 bridgehead atoms. The van der Waals surface area contributed by atoms with Crippen molar-refractivity contribution < 1.29 is 14.4 Å². The monoisotopic (exact) mass is 436 g/mol. The number of carbonyl (C=O) groups excluding carboxylic acids is 3. The minimum Gasteiger partial charge on any atom is -0.322 e. The molecule has 7 heteroatoms. The first-order valence-corrected chi connectivity index (χ1v) is 10.5. The quantitative estimate of drug-likeness (QED) is 0.476. The van der Waals surface area contributed by atoms with E-state index in [1.807, 2.05) is 36.7 Å². The second-order valence-corrected chi connectivity index (χ2v) is 7.88. The minimum atomic E-state index is -0.376. The van der Waals surface area contributed by atoms with Crippen LogP contribution in [0.1, 0.15) is 42.5 Å². The van der Waals surface area contributed by atoms with Gasteiger partial charge in [-0.15, -0.1) is 0 Å². The molecule has 162 valence electrons. The smallest absolute Gasteiger partial charge is 0.266 e. The molecule has 0 saturated carbocycles. The third-order valence-corrected chi connectivity index (χ3v) is 5.54. The summed E-state index contributed by atoms with van der Waals surface area (Å²) in [6.45, 7) is 3.91. The summed E-state index contributed by atoms with van der Waals surface area (Å²) < 4.78 is 1.82. The third-order valence-electron chi connectivity index (χ3n) is 5.54. The summed E-state index contributed by atoms with van der Waals surface area (Å²) in [6.07, 6.45) is 0. The Labute approximate surface area is 190 Å². The van der Waals surface area contributed by atoms with Gasteiger partial charge in [-0.05, 0) is 74.5 Å². The Bertz CT molecular complexity index is 1380. The first-order valence-electron chi connectivity index (χ1n) is 10.5. The number of hydrogen-bond donors (Lipinski definition) is 1. The van der Waals surface area contributed by atoms with Crippen LogP contribution in [0.3, 0.4) is 0 Å². The largest absolute Gasteiger partial charge is 0.322 e. The lowest BCUT2D eigenvalue weighted by molar-refractivity contribution is 0.0925. The van der Waals surface area contributed by atoms with Crippen molar-refractivity contribution in [2.24, 2.45) is 0 Å². The number of nitrogens with zero attached hydrogens (tertiary/aromatic N) is 3. The summed E-state index contributed by atoms with van der Waals surface area (Å²) in [5.41, 5.74) is 4.91. The van der Waals surface area contributed by atoms with E-state index in [0.29, 0.717) is 28.1 Å². The zero-order chi connectivity index (χ0) is 23.1. The Kier molecular flexibility index (Phi) is 4.86. The Hall–Kier alpha value is -4.52. The molecule has 0 spiro atoms. The van der Waals surface area contributed by atoms with Gasteiger partial charge in [-0.2, -0.15) is 5.10 Å². The highest BCUT2D eigenvalue weighted by molar-refractivity contribution is 6.34. The fourth-order valence-corrected chi connectivity index (χ4v) is 3.99. The topological polar surface area (TPSA) is 84.3 Å². The maximum absolute atomic E-state index is 12.8. The number of imide groups is 1. The van der Waals surface area contributed by atoms with E-state index in [1.54, 1.807) is 60.7 Å². The fraction of sp³-hybridized carbons (Fsp3) is 0.0769. The van der Waals surface area contributed by atoms with Crippen LogP contribution in [0.25, 0.3) is 5.69 Å². The molecule has 7 nitrogen and oxygen atoms in total. The van der Waals surface area contributed by atoms with Gasteiger partial charge in [0.2, 0.25) is 0 Å². The van der Waals surface area contributed by atoms with Gasteiger partial charge in [-0.1, -0.05) is 18.2 Å². The van der Waals surface area contributed by atoms with Crippen LogP contribution in [0.2, 0.25) is 0 Å². The number of aromatic nitrogens is 2. The average Bonchev–Trinajstić information content (AvgIpc) is 3.29. The number of carbonyl (C=O) groups is 3. The van der Waals surface area contributed by atoms with E-state index in [-0.39, 0.29) is 17.7 Å². The van der Waals surface area contributed by atoms with Crippen LogP contribution in [0, 0.1) is 13.8 Å². The average molecular weight is 436 g/mol. The molecule has 4 aromatic rings. The highest BCUT2D eigenvalue weighted by Crippen LogP contribution is 2.30. The normalized spacial score (nSPS) is 12.7. The molecule has 33 heavy (non-hydrogen) atoms. The number of nitrogens with one attached hydrogen (secondary N) is 1. The highest BCUT2D eigenvalue weighted by atomic mass is 16.2. The number of hydrogen-bond acceptors (Lipinski definition) is 4. The molecule has 0 aliphatic carbocycles. The molecule has 0 saturated heterocycles. The zero-order valence-corrected chi connectivity index (χ0v) is 18.1. The Morgan fingerprint density at radius 1 is 0.788 bits per heavy atom. The molecule has 0 fully saturated rings. The Morgan fingerprint density at radius 2 is 1.45 bits per heavy atom. The van der Waals surface area contributed by atoms with E-state index < -0.39 is 0 Å². The second kappa shape index (κ2) is 7.87. The van der Waals surface area contributed by atoms with Gasteiger partial charge < -0.3 is 5.32 Å². The fourth-order valence-electron chi connectivity index (χ4n) is 3.99. The number of rotatable bonds is 4. The maximum atomic E-state index is 12.8. The molecule has 0 unspecified atom stereocenters. The van der Waals surface area contributed by atoms with Gasteiger partial charge in [0.25, 0.3) is 17.7 Å². The summed E-state index contributed by atoms with van der Waals surface area (Å²) >= 11 is 0. The van der Waals surface area contributed by atoms with Crippen LogP contribution in [-0.4, -0.2) is 27.5 Å². The van der Waals surface area contributed by atoms with Crippen molar-refractivity contribution in [1.29, 1.82) is 0 Å². The lowest BCUT2D eigenvalue weighted by atomic mass is 10.1. The summed E-state index contributed by atoms with van der Waals surface area (Å²) in [7, 11) is 0. The van der Waals surface area contributed by atoms with Crippen molar-refractivity contribution in [2.45, 2.75) is 13.8 Å². The molecular formula is C26H20N4O3. The van der Waals surface area contributed by atoms with E-state index in [0.717, 1.165) is 22.0 Å². The van der Waals surface area contributed by atoms with Crippen molar-refractivity contribution in [3.63, 3.8) is 0 Å². The van der Waals surface area contributed by atoms with Gasteiger partial charge in [0.1, 0.15) is 0 Å². The molecule has 5 rings (SSSR count). The predicted molar refractivity (Wildman–Crippen MR) is 125 cm³/mol. The lowest BCUT2D eigenvalue weighted by Gasteiger charge is -2.15. The highest BCUT2D eigenvalue weighted by Gasteiger charge is 2.36. The number of amides is 3. The van der Waals surface area contributed by atoms with E-state index in [4.69, 9.17) is 0 Å². The first-order chi connectivity index (χ1) is 15.9. The van der Waals surface area contributed by atoms with Crippen molar-refractivity contribution in [1.82, 2.24) is 9.78 Å². The number of fused-ring (bicyclic) bond motifs is 1. The molecule has 1 aliphatic heterocycles. The van der Waals surface area contributed by atoms with Crippen molar-refractivity contribution in [3.05, 3.63) is 107 Å². The van der Waals surface area contributed by atoms with Crippen LogP contribution in [-0.2, 0) is 0 Å². The molecule has 2 heterocycles. The molecule has 3 aromatic carbocycles. The standard InChI is InChI=1S/C26H20N4O3/c1-16-14-17(2)30(28-16)20-12-10-18(11-13-20)24(31)27-19-6-5-7-21(15-19)29-25(32)22-8-3-4-9-23(22)26(29)33/h3-15H,1-2H3,(H,27,31). The minimum absolute atomic E-state index is 0.297. The van der Waals surface area contributed by atoms with Gasteiger partial charge in [0.15, 0.2) is 0 Å². The van der Waals surface area contributed by atoms with E-state index in [2.05, 4.69) is 10.4 Å². The molecule has 1 N–H and O–H groups in total. The summed E-state index contributed by atoms with van der Waals surface area (Å²) in [6, 6.07) is 22.5. The number of anilines is 2. The molecule has 1 aliphatic rings. The van der Waals surface area contributed by atoms with E-state index >= 15 is 0 Å². The van der Waals surface area contributed by atoms with Gasteiger partial charge in [0.05, 0.1) is 28.2 Å². The third kappa shape index (κ3) is 3.59. The van der Waals surface area contributed by atoms with Gasteiger partial charge in [0, 0.05) is 16.9 Å². The number of aryl methyl sites for hydroxylation is 2. The summed E-state index contributed by atoms with van der Waals surface area (Å²) in [5.74, 6) is -1.05. The molecule has 0 atom stereocenters. The van der Waals surface area contributed by atoms with Crippen molar-refractivity contribution in [2.75, 3.05) is 10.2 Å². The Morgan fingerprint density at radius 3 is 2.06 bits per heavy atom. The van der Waals surface area contributed by atoms with Crippen LogP contribution < -0.4 is 10.2 Å². The molecule has 1 aromatic heterocycles. The van der Waals surface area contributed by atoms with Gasteiger partial charge in [-0.3, -0.25) is 14.4 Å². The van der Waals surface area contributed by atoms with Gasteiger partial charge in [-0.25, -0.2) is 9.58 Å². The molecule has 3 amide bonds. The van der Waals surface area contributed by atoms with Crippen molar-refractivity contribution in [3.8, 4) is 5.69 Å². The summed E-state index contributed by atoms with van der Waals surface area (Å²) in [5, 5.41) is 7.29. The lowest BCUT2D eigenvalue weighted by Crippen LogP contribution is -2.29.